The summed E-state index contributed by atoms with van der Waals surface area (Å²) in [5.74, 6) is -0.584. The molecule has 0 unspecified atom stereocenters. The number of nitrogens with zero attached hydrogens (tertiary/aromatic N) is 2. The lowest BCUT2D eigenvalue weighted by Gasteiger charge is -2.14. The van der Waals surface area contributed by atoms with E-state index in [0.29, 0.717) is 17.2 Å². The van der Waals surface area contributed by atoms with Crippen LogP contribution in [0.5, 0.6) is 11.5 Å². The maximum atomic E-state index is 13.0. The lowest BCUT2D eigenvalue weighted by molar-refractivity contribution is 0.0843. The van der Waals surface area contributed by atoms with E-state index in [1.165, 1.54) is 48.2 Å². The topological polar surface area (TPSA) is 94.5 Å². The summed E-state index contributed by atoms with van der Waals surface area (Å²) in [5, 5.41) is 4.12. The van der Waals surface area contributed by atoms with E-state index in [1.807, 2.05) is 13.8 Å². The molecule has 0 aliphatic rings. The number of carbonyl (C=O) groups excluding carboxylic acids is 2. The number of nitrogens with one attached hydrogen (secondary N) is 2. The molecule has 0 atom stereocenters. The van der Waals surface area contributed by atoms with E-state index < -0.39 is 11.8 Å². The van der Waals surface area contributed by atoms with Gasteiger partial charge in [-0.15, -0.1) is 0 Å². The van der Waals surface area contributed by atoms with Crippen LogP contribution in [0, 0.1) is 5.82 Å². The first kappa shape index (κ1) is 20.8. The van der Waals surface area contributed by atoms with Gasteiger partial charge in [-0.05, 0) is 62.4 Å². The van der Waals surface area contributed by atoms with E-state index >= 15 is 0 Å². The zero-order valence-corrected chi connectivity index (χ0v) is 16.7. The van der Waals surface area contributed by atoms with Crippen LogP contribution in [0.25, 0.3) is 5.69 Å². The van der Waals surface area contributed by atoms with Crippen LogP contribution in [0.2, 0.25) is 0 Å². The molecule has 3 aromatic rings. The predicted molar refractivity (Wildman–Crippen MR) is 107 cm³/mol. The van der Waals surface area contributed by atoms with Gasteiger partial charge in [0.25, 0.3) is 11.8 Å². The molecule has 0 aliphatic carbocycles. The molecular weight excluding hydrogens is 391 g/mol. The van der Waals surface area contributed by atoms with Crippen molar-refractivity contribution >= 4 is 11.8 Å². The highest BCUT2D eigenvalue weighted by Gasteiger charge is 2.15. The Morgan fingerprint density at radius 1 is 1.00 bits per heavy atom. The summed E-state index contributed by atoms with van der Waals surface area (Å²) in [5.41, 5.74) is 5.59. The van der Waals surface area contributed by atoms with Crippen molar-refractivity contribution in [2.24, 2.45) is 0 Å². The van der Waals surface area contributed by atoms with E-state index in [4.69, 9.17) is 9.47 Å². The quantitative estimate of drug-likeness (QED) is 0.607. The molecule has 2 amide bonds. The second kappa shape index (κ2) is 9.08. The molecule has 1 heterocycles. The molecule has 30 heavy (non-hydrogen) atoms. The van der Waals surface area contributed by atoms with Crippen LogP contribution < -0.4 is 20.3 Å². The van der Waals surface area contributed by atoms with Gasteiger partial charge in [0.1, 0.15) is 5.82 Å². The zero-order valence-electron chi connectivity index (χ0n) is 16.7. The molecule has 2 aromatic carbocycles. The molecule has 1 aromatic heterocycles. The molecule has 0 spiro atoms. The summed E-state index contributed by atoms with van der Waals surface area (Å²) in [6, 6.07) is 11.8. The Morgan fingerprint density at radius 3 is 2.37 bits per heavy atom. The van der Waals surface area contributed by atoms with Crippen LogP contribution in [0.3, 0.4) is 0 Å². The van der Waals surface area contributed by atoms with Crippen LogP contribution >= 0.6 is 0 Å². The number of methoxy groups -OCH3 is 1. The highest BCUT2D eigenvalue weighted by molar-refractivity contribution is 5.98. The second-order valence-corrected chi connectivity index (χ2v) is 6.56. The molecule has 0 bridgehead atoms. The van der Waals surface area contributed by atoms with Gasteiger partial charge < -0.3 is 9.47 Å². The Labute approximate surface area is 172 Å². The van der Waals surface area contributed by atoms with Crippen molar-refractivity contribution < 1.29 is 23.5 Å². The molecule has 9 heteroatoms. The number of hydrazine groups is 1. The maximum absolute atomic E-state index is 13.0. The fraction of sp³-hybridized carbons (Fsp3) is 0.190. The van der Waals surface area contributed by atoms with E-state index in [-0.39, 0.29) is 23.2 Å². The minimum Gasteiger partial charge on any atom is -0.493 e. The van der Waals surface area contributed by atoms with Crippen molar-refractivity contribution in [1.82, 2.24) is 20.6 Å². The van der Waals surface area contributed by atoms with Gasteiger partial charge in [0.05, 0.1) is 18.9 Å². The minimum atomic E-state index is -0.601. The number of amides is 2. The molecular formula is C21H21FN4O4. The van der Waals surface area contributed by atoms with Crippen molar-refractivity contribution in [2.75, 3.05) is 7.11 Å². The number of hydrogen-bond donors (Lipinski definition) is 2. The third kappa shape index (κ3) is 4.93. The Kier molecular flexibility index (Phi) is 6.31. The van der Waals surface area contributed by atoms with Crippen LogP contribution in [0.1, 0.15) is 34.7 Å². The number of hydrogen-bond acceptors (Lipinski definition) is 5. The summed E-state index contributed by atoms with van der Waals surface area (Å²) >= 11 is 0. The summed E-state index contributed by atoms with van der Waals surface area (Å²) in [6.45, 7) is 3.76. The second-order valence-electron chi connectivity index (χ2n) is 6.56. The van der Waals surface area contributed by atoms with Gasteiger partial charge >= 0.3 is 0 Å². The molecule has 3 rings (SSSR count). The maximum Gasteiger partial charge on any atom is 0.290 e. The fourth-order valence-electron chi connectivity index (χ4n) is 2.59. The predicted octanol–water partition coefficient (Wildman–Crippen LogP) is 2.88. The van der Waals surface area contributed by atoms with Gasteiger partial charge in [0, 0.05) is 11.8 Å². The van der Waals surface area contributed by atoms with E-state index in [9.17, 15) is 14.0 Å². The largest absolute Gasteiger partial charge is 0.493 e. The molecule has 0 saturated heterocycles. The van der Waals surface area contributed by atoms with Crippen molar-refractivity contribution in [1.29, 1.82) is 0 Å². The number of aromatic nitrogens is 2. The van der Waals surface area contributed by atoms with E-state index in [0.717, 1.165) is 0 Å². The number of carbonyl (C=O) groups is 2. The third-order valence-electron chi connectivity index (χ3n) is 3.99. The number of ether oxygens (including phenoxy) is 2. The monoisotopic (exact) mass is 412 g/mol. The summed E-state index contributed by atoms with van der Waals surface area (Å²) in [6.07, 6.45) is 1.51. The third-order valence-corrected chi connectivity index (χ3v) is 3.99. The number of halogens is 1. The van der Waals surface area contributed by atoms with E-state index in [2.05, 4.69) is 16.0 Å². The van der Waals surface area contributed by atoms with E-state index in [1.54, 1.807) is 18.3 Å². The Balaban J connectivity index is 1.63. The van der Waals surface area contributed by atoms with Gasteiger partial charge in [-0.2, -0.15) is 5.10 Å². The molecule has 0 aliphatic heterocycles. The highest BCUT2D eigenvalue weighted by Crippen LogP contribution is 2.28. The zero-order chi connectivity index (χ0) is 21.7. The van der Waals surface area contributed by atoms with Gasteiger partial charge in [0.15, 0.2) is 17.2 Å². The SMILES string of the molecule is COc1cc(C(=O)NNC(=O)c2ccn(-c3ccc(F)cc3)n2)ccc1OC(C)C. The van der Waals surface area contributed by atoms with Gasteiger partial charge in [-0.1, -0.05) is 0 Å². The van der Waals surface area contributed by atoms with Gasteiger partial charge in [-0.25, -0.2) is 9.07 Å². The van der Waals surface area contributed by atoms with Crippen LogP contribution in [0.4, 0.5) is 4.39 Å². The highest BCUT2D eigenvalue weighted by atomic mass is 19.1. The van der Waals surface area contributed by atoms with Crippen LogP contribution in [-0.2, 0) is 0 Å². The van der Waals surface area contributed by atoms with Crippen molar-refractivity contribution in [3.8, 4) is 17.2 Å². The molecule has 0 saturated carbocycles. The molecule has 0 radical (unpaired) electrons. The minimum absolute atomic E-state index is 0.0485. The standard InChI is InChI=1S/C21H21FN4O4/c1-13(2)30-18-9-4-14(12-19(18)29-3)20(27)23-24-21(28)17-10-11-26(25-17)16-7-5-15(22)6-8-16/h4-13H,1-3H3,(H,23,27)(H,24,28). The summed E-state index contributed by atoms with van der Waals surface area (Å²) in [7, 11) is 1.48. The lowest BCUT2D eigenvalue weighted by atomic mass is 10.2. The molecule has 8 nitrogen and oxygen atoms in total. The van der Waals surface area contributed by atoms with Gasteiger partial charge in [-0.3, -0.25) is 20.4 Å². The first-order valence-corrected chi connectivity index (χ1v) is 9.14. The van der Waals surface area contributed by atoms with Crippen LogP contribution in [-0.4, -0.2) is 34.8 Å². The van der Waals surface area contributed by atoms with Crippen molar-refractivity contribution in [3.05, 3.63) is 71.8 Å². The average molecular weight is 412 g/mol. The molecule has 156 valence electrons. The smallest absolute Gasteiger partial charge is 0.290 e. The number of rotatable bonds is 6. The first-order chi connectivity index (χ1) is 14.4. The Morgan fingerprint density at radius 2 is 1.70 bits per heavy atom. The molecule has 0 fully saturated rings. The summed E-state index contributed by atoms with van der Waals surface area (Å²) in [4.78, 5) is 24.6. The summed E-state index contributed by atoms with van der Waals surface area (Å²) < 4.78 is 25.3. The first-order valence-electron chi connectivity index (χ1n) is 9.14. The average Bonchev–Trinajstić information content (AvgIpc) is 3.22. The van der Waals surface area contributed by atoms with Crippen molar-refractivity contribution in [2.45, 2.75) is 20.0 Å². The fourth-order valence-corrected chi connectivity index (χ4v) is 2.59. The number of benzene rings is 2. The lowest BCUT2D eigenvalue weighted by Crippen LogP contribution is -2.41. The van der Waals surface area contributed by atoms with Crippen LogP contribution in [0.15, 0.2) is 54.7 Å². The Bertz CT molecular complexity index is 1050. The van der Waals surface area contributed by atoms with Crippen molar-refractivity contribution in [3.63, 3.8) is 0 Å². The Hall–Kier alpha value is -3.88. The normalized spacial score (nSPS) is 10.6. The van der Waals surface area contributed by atoms with Gasteiger partial charge in [0.2, 0.25) is 0 Å². The molecule has 2 N–H and O–H groups in total.